The second kappa shape index (κ2) is 15.6. The van der Waals surface area contributed by atoms with Crippen LogP contribution in [-0.2, 0) is 20.7 Å². The van der Waals surface area contributed by atoms with Gasteiger partial charge in [0, 0.05) is 23.5 Å². The van der Waals surface area contributed by atoms with Gasteiger partial charge in [0.15, 0.2) is 0 Å². The number of carbonyl (C=O) groups is 2. The van der Waals surface area contributed by atoms with Crippen LogP contribution in [0.1, 0.15) is 61.6 Å². The van der Waals surface area contributed by atoms with Crippen molar-refractivity contribution in [1.29, 1.82) is 0 Å². The molecule has 0 radical (unpaired) electrons. The highest BCUT2D eigenvalue weighted by molar-refractivity contribution is 7.12. The van der Waals surface area contributed by atoms with Crippen LogP contribution < -0.4 is 5.73 Å². The molecule has 0 amide bonds. The molecule has 0 saturated heterocycles. The van der Waals surface area contributed by atoms with E-state index in [4.69, 9.17) is 20.7 Å². The summed E-state index contributed by atoms with van der Waals surface area (Å²) >= 11 is 1.74. The lowest BCUT2D eigenvalue weighted by molar-refractivity contribution is -0.134. The molecule has 2 atom stereocenters. The summed E-state index contributed by atoms with van der Waals surface area (Å²) in [6.45, 7) is 2.73. The minimum atomic E-state index is -1.26. The number of hydrogen-bond acceptors (Lipinski definition) is 6. The van der Waals surface area contributed by atoms with E-state index < -0.39 is 18.2 Å². The molecule has 0 aromatic carbocycles. The molecule has 0 bridgehead atoms. The van der Waals surface area contributed by atoms with E-state index in [0.29, 0.717) is 18.3 Å². The molecule has 0 spiro atoms. The van der Waals surface area contributed by atoms with Gasteiger partial charge in [-0.05, 0) is 43.7 Å². The number of thiophene rings is 1. The van der Waals surface area contributed by atoms with Gasteiger partial charge in [0.05, 0.1) is 17.6 Å². The Bertz CT molecular complexity index is 740. The normalized spacial score (nSPS) is 16.0. The monoisotopic (exact) mass is 451 g/mol. The molecule has 1 aromatic rings. The number of ether oxygens (including phenoxy) is 1. The Balaban J connectivity index is 0.000000512. The van der Waals surface area contributed by atoms with Crippen LogP contribution in [-0.4, -0.2) is 46.2 Å². The zero-order valence-electron chi connectivity index (χ0n) is 18.0. The van der Waals surface area contributed by atoms with Crippen LogP contribution in [0.3, 0.4) is 0 Å². The summed E-state index contributed by atoms with van der Waals surface area (Å²) in [5.74, 6) is 4.05. The number of carboxylic acid groups (broad SMARTS) is 2. The van der Waals surface area contributed by atoms with Crippen LogP contribution in [0.4, 0.5) is 0 Å². The van der Waals surface area contributed by atoms with E-state index in [1.165, 1.54) is 37.0 Å². The second-order valence-corrected chi connectivity index (χ2v) is 8.63. The Labute approximate surface area is 187 Å². The average molecular weight is 452 g/mol. The third-order valence-corrected chi connectivity index (χ3v) is 5.86. The van der Waals surface area contributed by atoms with Crippen LogP contribution in [0.2, 0.25) is 0 Å². The molecule has 7 nitrogen and oxygen atoms in total. The lowest BCUT2D eigenvalue weighted by atomic mass is 9.98. The van der Waals surface area contributed by atoms with Gasteiger partial charge in [0.2, 0.25) is 0 Å². The van der Waals surface area contributed by atoms with E-state index in [2.05, 4.69) is 24.0 Å². The molecular formula is C23H33NO6S. The molecule has 1 fully saturated rings. The lowest BCUT2D eigenvalue weighted by Crippen LogP contribution is -2.27. The van der Waals surface area contributed by atoms with Gasteiger partial charge in [0.1, 0.15) is 6.23 Å². The van der Waals surface area contributed by atoms with Gasteiger partial charge in [-0.1, -0.05) is 38.0 Å². The summed E-state index contributed by atoms with van der Waals surface area (Å²) < 4.78 is 5.88. The summed E-state index contributed by atoms with van der Waals surface area (Å²) in [4.78, 5) is 21.5. The van der Waals surface area contributed by atoms with Crippen molar-refractivity contribution in [2.45, 2.75) is 70.6 Å². The number of aryl methyl sites for hydroxylation is 1. The molecule has 1 aliphatic carbocycles. The van der Waals surface area contributed by atoms with Crippen molar-refractivity contribution >= 4 is 23.3 Å². The summed E-state index contributed by atoms with van der Waals surface area (Å²) in [5, 5.41) is 24.9. The summed E-state index contributed by atoms with van der Waals surface area (Å²) in [6.07, 6.45) is 9.95. The molecular weight excluding hydrogens is 418 g/mol. The second-order valence-electron chi connectivity index (χ2n) is 7.46. The van der Waals surface area contributed by atoms with Crippen LogP contribution in [0.15, 0.2) is 24.3 Å². The van der Waals surface area contributed by atoms with E-state index in [0.717, 1.165) is 30.7 Å². The maximum absolute atomic E-state index is 9.55. The molecule has 1 heterocycles. The van der Waals surface area contributed by atoms with Crippen molar-refractivity contribution in [1.82, 2.24) is 0 Å². The first kappa shape index (κ1) is 26.9. The summed E-state index contributed by atoms with van der Waals surface area (Å²) in [5.41, 5.74) is 5.48. The molecule has 8 heteroatoms. The first-order chi connectivity index (χ1) is 14.8. The van der Waals surface area contributed by atoms with Gasteiger partial charge in [0.25, 0.3) is 0 Å². The minimum absolute atomic E-state index is 0.128. The lowest BCUT2D eigenvalue weighted by Gasteiger charge is -2.21. The molecule has 1 aromatic heterocycles. The van der Waals surface area contributed by atoms with E-state index in [1.54, 1.807) is 11.3 Å². The van der Waals surface area contributed by atoms with Crippen molar-refractivity contribution in [2.24, 2.45) is 11.7 Å². The quantitative estimate of drug-likeness (QED) is 0.196. The van der Waals surface area contributed by atoms with Gasteiger partial charge in [-0.25, -0.2) is 9.59 Å². The number of rotatable bonds is 9. The number of aliphatic hydroxyl groups excluding tert-OH is 1. The Morgan fingerprint density at radius 1 is 1.23 bits per heavy atom. The van der Waals surface area contributed by atoms with Gasteiger partial charge in [-0.15, -0.1) is 11.3 Å². The fourth-order valence-corrected chi connectivity index (χ4v) is 3.82. The van der Waals surface area contributed by atoms with Crippen LogP contribution in [0.25, 0.3) is 0 Å². The Kier molecular flexibility index (Phi) is 13.5. The molecule has 31 heavy (non-hydrogen) atoms. The highest BCUT2D eigenvalue weighted by Gasteiger charge is 2.12. The smallest absolute Gasteiger partial charge is 0.328 e. The molecule has 1 aliphatic rings. The maximum Gasteiger partial charge on any atom is 0.328 e. The van der Waals surface area contributed by atoms with Crippen molar-refractivity contribution < 1.29 is 29.6 Å². The average Bonchev–Trinajstić information content (AvgIpc) is 3.19. The van der Waals surface area contributed by atoms with E-state index >= 15 is 0 Å². The van der Waals surface area contributed by atoms with E-state index in [-0.39, 0.29) is 5.92 Å². The van der Waals surface area contributed by atoms with Crippen LogP contribution in [0, 0.1) is 17.8 Å². The van der Waals surface area contributed by atoms with Crippen molar-refractivity contribution in [3.8, 4) is 11.8 Å². The Hall–Kier alpha value is -2.18. The Morgan fingerprint density at radius 3 is 2.45 bits per heavy atom. The highest BCUT2D eigenvalue weighted by atomic mass is 32.1. The third kappa shape index (κ3) is 13.7. The molecule has 5 N–H and O–H groups in total. The fraction of sp³-hybridized carbons (Fsp3) is 0.565. The zero-order chi connectivity index (χ0) is 23.1. The number of carboxylic acids is 2. The molecule has 0 aliphatic heterocycles. The van der Waals surface area contributed by atoms with Gasteiger partial charge < -0.3 is 25.8 Å². The fourth-order valence-electron chi connectivity index (χ4n) is 2.92. The molecule has 1 unspecified atom stereocenters. The van der Waals surface area contributed by atoms with Crippen LogP contribution >= 0.6 is 11.3 Å². The Morgan fingerprint density at radius 2 is 1.87 bits per heavy atom. The van der Waals surface area contributed by atoms with Gasteiger partial charge in [-0.2, -0.15) is 0 Å². The standard InChI is InChI=1S/C19H29NO2S.C4H4O4/c1-15(19(20)21)10-11-18-13-12-17(23-18)9-5-6-14-22-16-7-3-2-4-8-16;5-3(6)1-2-4(7)8/h12-13,15-16,19,21H,2-4,6-8,10-11,14,20H2,1H3;1-2H,(H,5,6)(H,7,8)/b;2-1-/t15-,19?;/m1./s1. The molecule has 172 valence electrons. The van der Waals surface area contributed by atoms with Gasteiger partial charge in [-0.3, -0.25) is 0 Å². The van der Waals surface area contributed by atoms with Crippen LogP contribution in [0.5, 0.6) is 0 Å². The highest BCUT2D eigenvalue weighted by Crippen LogP contribution is 2.21. The van der Waals surface area contributed by atoms with E-state index in [1.807, 2.05) is 6.92 Å². The number of hydrogen-bond donors (Lipinski definition) is 4. The largest absolute Gasteiger partial charge is 0.478 e. The maximum atomic E-state index is 9.55. The van der Waals surface area contributed by atoms with Gasteiger partial charge >= 0.3 is 11.9 Å². The van der Waals surface area contributed by atoms with Crippen molar-refractivity contribution in [3.05, 3.63) is 34.0 Å². The third-order valence-electron chi connectivity index (χ3n) is 4.80. The van der Waals surface area contributed by atoms with Crippen molar-refractivity contribution in [3.63, 3.8) is 0 Å². The minimum Gasteiger partial charge on any atom is -0.478 e. The summed E-state index contributed by atoms with van der Waals surface area (Å²) in [7, 11) is 0. The summed E-state index contributed by atoms with van der Waals surface area (Å²) in [6, 6.07) is 4.21. The number of aliphatic hydroxyl groups is 1. The first-order valence-corrected chi connectivity index (χ1v) is 11.4. The zero-order valence-corrected chi connectivity index (χ0v) is 18.8. The SMILES string of the molecule is C[C@H](CCc1ccc(C#CCCOC2CCCCC2)s1)C(N)O.O=C(O)/C=C\C(=O)O. The first-order valence-electron chi connectivity index (χ1n) is 10.5. The number of nitrogens with two attached hydrogens (primary N) is 1. The topological polar surface area (TPSA) is 130 Å². The number of aliphatic carboxylic acids is 2. The van der Waals surface area contributed by atoms with E-state index in [9.17, 15) is 14.7 Å². The predicted molar refractivity (Wildman–Crippen MR) is 121 cm³/mol. The molecule has 2 rings (SSSR count). The predicted octanol–water partition coefficient (Wildman–Crippen LogP) is 3.40. The molecule has 1 saturated carbocycles. The van der Waals surface area contributed by atoms with Crippen molar-refractivity contribution in [2.75, 3.05) is 6.61 Å².